The highest BCUT2D eigenvalue weighted by molar-refractivity contribution is 5.75. The van der Waals surface area contributed by atoms with Crippen molar-refractivity contribution in [3.05, 3.63) is 5.21 Å². The maximum atomic E-state index is 11.8. The van der Waals surface area contributed by atoms with Crippen LogP contribution in [0.15, 0.2) is 0 Å². The van der Waals surface area contributed by atoms with Gasteiger partial charge in [-0.25, -0.2) is 0 Å². The van der Waals surface area contributed by atoms with Gasteiger partial charge in [-0.05, 0) is 12.8 Å². The van der Waals surface area contributed by atoms with Crippen molar-refractivity contribution in [1.82, 2.24) is 5.32 Å². The highest BCUT2D eigenvalue weighted by Gasteiger charge is 2.10. The van der Waals surface area contributed by atoms with Gasteiger partial charge < -0.3 is 15.2 Å². The molecule has 1 unspecified atom stereocenters. The fraction of sp³-hybridized carbons (Fsp3) is 0.933. The van der Waals surface area contributed by atoms with E-state index in [1.807, 2.05) is 6.92 Å². The van der Waals surface area contributed by atoms with Gasteiger partial charge >= 0.3 is 0 Å². The minimum atomic E-state index is -0.376. The smallest absolute Gasteiger partial charge is 0.224 e. The Labute approximate surface area is 118 Å². The molecule has 0 spiro atoms. The summed E-state index contributed by atoms with van der Waals surface area (Å²) in [6, 6.07) is 0. The van der Waals surface area contributed by atoms with E-state index in [1.165, 1.54) is 32.1 Å². The van der Waals surface area contributed by atoms with Crippen molar-refractivity contribution < 1.29 is 9.44 Å². The fourth-order valence-electron chi connectivity index (χ4n) is 2.14. The summed E-state index contributed by atoms with van der Waals surface area (Å²) in [6.45, 7) is 4.95. The van der Waals surface area contributed by atoms with E-state index in [0.29, 0.717) is 13.0 Å². The fourth-order valence-corrected chi connectivity index (χ4v) is 2.14. The minimum absolute atomic E-state index is 0.0184. The Bertz CT molecular complexity index is 230. The molecule has 0 aromatic carbocycles. The second kappa shape index (κ2) is 11.2. The Morgan fingerprint density at radius 1 is 1.00 bits per heavy atom. The summed E-state index contributed by atoms with van der Waals surface area (Å²) in [7, 11) is 1.61. The normalized spacial score (nSPS) is 14.1. The van der Waals surface area contributed by atoms with Crippen LogP contribution >= 0.6 is 0 Å². The van der Waals surface area contributed by atoms with E-state index in [9.17, 15) is 10.0 Å². The zero-order valence-corrected chi connectivity index (χ0v) is 13.0. The second-order valence-corrected chi connectivity index (χ2v) is 5.65. The van der Waals surface area contributed by atoms with Crippen molar-refractivity contribution in [2.45, 2.75) is 71.6 Å². The molecule has 0 aromatic rings. The van der Waals surface area contributed by atoms with Crippen LogP contribution in [0.4, 0.5) is 0 Å². The van der Waals surface area contributed by atoms with Crippen molar-refractivity contribution >= 4 is 5.91 Å². The molecule has 0 fully saturated rings. The summed E-state index contributed by atoms with van der Waals surface area (Å²) in [5, 5.41) is 14.5. The van der Waals surface area contributed by atoms with Crippen molar-refractivity contribution in [1.29, 1.82) is 0 Å². The molecule has 0 aliphatic rings. The first-order valence-electron chi connectivity index (χ1n) is 7.84. The molecule has 1 amide bonds. The van der Waals surface area contributed by atoms with E-state index >= 15 is 0 Å². The lowest BCUT2D eigenvalue weighted by Gasteiger charge is -2.38. The molecule has 0 bridgehead atoms. The number of carbonyl (C=O) groups is 1. The Morgan fingerprint density at radius 3 is 2.16 bits per heavy atom. The third-order valence-corrected chi connectivity index (χ3v) is 3.31. The van der Waals surface area contributed by atoms with Crippen LogP contribution in [0.3, 0.4) is 0 Å². The summed E-state index contributed by atoms with van der Waals surface area (Å²) in [5.41, 5.74) is 0. The number of unbranched alkanes of at least 4 members (excludes halogenated alkanes) is 6. The number of amides is 1. The van der Waals surface area contributed by atoms with Gasteiger partial charge in [0.1, 0.15) is 0 Å². The molecule has 0 aliphatic carbocycles. The predicted octanol–water partition coefficient (Wildman–Crippen LogP) is 3.56. The van der Waals surface area contributed by atoms with Crippen LogP contribution in [0, 0.1) is 5.21 Å². The molecule has 0 aromatic heterocycles. The molecule has 0 aliphatic heterocycles. The van der Waals surface area contributed by atoms with E-state index in [4.69, 9.17) is 0 Å². The largest absolute Gasteiger partial charge is 0.632 e. The Balaban J connectivity index is 3.44. The molecule has 0 heterocycles. The summed E-state index contributed by atoms with van der Waals surface area (Å²) < 4.78 is -0.376. The zero-order chi connectivity index (χ0) is 14.6. The van der Waals surface area contributed by atoms with Gasteiger partial charge in [0.2, 0.25) is 5.91 Å². The highest BCUT2D eigenvalue weighted by atomic mass is 16.5. The van der Waals surface area contributed by atoms with Gasteiger partial charge in [0.25, 0.3) is 0 Å². The lowest BCUT2D eigenvalue weighted by molar-refractivity contribution is -0.862. The molecule has 114 valence electrons. The number of quaternary nitrogens is 1. The van der Waals surface area contributed by atoms with Crippen LogP contribution < -0.4 is 5.32 Å². The molecule has 4 nitrogen and oxygen atoms in total. The van der Waals surface area contributed by atoms with E-state index in [0.717, 1.165) is 19.3 Å². The third-order valence-electron chi connectivity index (χ3n) is 3.31. The molecular weight excluding hydrogens is 240 g/mol. The first-order chi connectivity index (χ1) is 9.02. The van der Waals surface area contributed by atoms with E-state index in [1.54, 1.807) is 7.05 Å². The van der Waals surface area contributed by atoms with Crippen LogP contribution in [0.25, 0.3) is 0 Å². The number of hydrogen-bond donors (Lipinski definition) is 1. The number of nitrogens with one attached hydrogen (secondary N) is 1. The number of hydrogen-bond acceptors (Lipinski definition) is 2. The van der Waals surface area contributed by atoms with E-state index in [-0.39, 0.29) is 17.2 Å². The quantitative estimate of drug-likeness (QED) is 0.256. The maximum Gasteiger partial charge on any atom is 0.224 e. The van der Waals surface area contributed by atoms with Crippen molar-refractivity contribution in [2.24, 2.45) is 0 Å². The molecule has 1 atom stereocenters. The van der Waals surface area contributed by atoms with Crippen LogP contribution in [-0.2, 0) is 4.79 Å². The van der Waals surface area contributed by atoms with Crippen LogP contribution in [0.2, 0.25) is 0 Å². The number of rotatable bonds is 12. The lowest BCUT2D eigenvalue weighted by Crippen LogP contribution is -2.47. The molecule has 0 saturated carbocycles. The van der Waals surface area contributed by atoms with E-state index in [2.05, 4.69) is 12.2 Å². The summed E-state index contributed by atoms with van der Waals surface area (Å²) >= 11 is 0. The van der Waals surface area contributed by atoms with Gasteiger partial charge in [-0.15, -0.1) is 0 Å². The van der Waals surface area contributed by atoms with E-state index < -0.39 is 0 Å². The van der Waals surface area contributed by atoms with Crippen LogP contribution in [0.1, 0.15) is 71.6 Å². The highest BCUT2D eigenvalue weighted by Crippen LogP contribution is 2.08. The average molecular weight is 272 g/mol. The SMILES string of the molecule is CCCCCCCCCC(=O)NC[N+](C)([O-])CCC. The molecule has 1 N–H and O–H groups in total. The predicted molar refractivity (Wildman–Crippen MR) is 80.3 cm³/mol. The first kappa shape index (κ1) is 18.4. The second-order valence-electron chi connectivity index (χ2n) is 5.65. The van der Waals surface area contributed by atoms with Crippen molar-refractivity contribution in [3.8, 4) is 0 Å². The Hall–Kier alpha value is -0.610. The third kappa shape index (κ3) is 12.2. The molecule has 19 heavy (non-hydrogen) atoms. The van der Waals surface area contributed by atoms with Crippen molar-refractivity contribution in [3.63, 3.8) is 0 Å². The minimum Gasteiger partial charge on any atom is -0.632 e. The molecule has 4 heteroatoms. The van der Waals surface area contributed by atoms with Gasteiger partial charge in [-0.1, -0.05) is 52.4 Å². The Kier molecular flexibility index (Phi) is 10.9. The molecule has 0 saturated heterocycles. The average Bonchev–Trinajstić information content (AvgIpc) is 2.35. The van der Waals surface area contributed by atoms with Gasteiger partial charge in [0.05, 0.1) is 13.6 Å². The standard InChI is InChI=1S/C15H32N2O2/c1-4-6-7-8-9-10-11-12-15(18)16-14-17(3,19)13-5-2/h4-14H2,1-3H3,(H,16,18). The molecule has 0 rings (SSSR count). The number of nitrogens with zero attached hydrogens (tertiary/aromatic N) is 1. The first-order valence-corrected chi connectivity index (χ1v) is 7.84. The Morgan fingerprint density at radius 2 is 1.58 bits per heavy atom. The van der Waals surface area contributed by atoms with Crippen molar-refractivity contribution in [2.75, 3.05) is 20.3 Å². The molecular formula is C15H32N2O2. The summed E-state index contributed by atoms with van der Waals surface area (Å²) in [6.07, 6.45) is 9.85. The summed E-state index contributed by atoms with van der Waals surface area (Å²) in [4.78, 5) is 11.6. The zero-order valence-electron chi connectivity index (χ0n) is 13.0. The van der Waals surface area contributed by atoms with Crippen LogP contribution in [-0.4, -0.2) is 30.8 Å². The van der Waals surface area contributed by atoms with Gasteiger partial charge in [-0.2, -0.15) is 0 Å². The van der Waals surface area contributed by atoms with Gasteiger partial charge in [0.15, 0.2) is 6.67 Å². The topological polar surface area (TPSA) is 52.2 Å². The number of carbonyl (C=O) groups excluding carboxylic acids is 1. The lowest BCUT2D eigenvalue weighted by atomic mass is 10.1. The van der Waals surface area contributed by atoms with Gasteiger partial charge in [0, 0.05) is 6.42 Å². The monoisotopic (exact) mass is 272 g/mol. The van der Waals surface area contributed by atoms with Gasteiger partial charge in [-0.3, -0.25) is 4.79 Å². The van der Waals surface area contributed by atoms with Crippen LogP contribution in [0.5, 0.6) is 0 Å². The summed E-state index contributed by atoms with van der Waals surface area (Å²) in [5.74, 6) is 0.0184. The maximum absolute atomic E-state index is 11.8. The molecule has 0 radical (unpaired) electrons. The number of hydroxylamine groups is 3.